The molecule has 1 N–H and O–H groups in total. The van der Waals surface area contributed by atoms with E-state index in [2.05, 4.69) is 22.6 Å². The Morgan fingerprint density at radius 1 is 1.56 bits per heavy atom. The zero-order chi connectivity index (χ0) is 11.7. The number of rotatable bonds is 2. The number of thiophene rings is 1. The van der Waals surface area contributed by atoms with Crippen molar-refractivity contribution in [3.63, 3.8) is 0 Å². The summed E-state index contributed by atoms with van der Waals surface area (Å²) in [6.45, 7) is 0.544. The Balaban J connectivity index is 2.18. The van der Waals surface area contributed by atoms with Crippen LogP contribution in [0.1, 0.15) is 23.2 Å². The minimum absolute atomic E-state index is 0.163. The first-order valence-electron chi connectivity index (χ1n) is 4.87. The average molecular weight is 351 g/mol. The lowest BCUT2D eigenvalue weighted by atomic mass is 10.2. The van der Waals surface area contributed by atoms with Gasteiger partial charge in [0.15, 0.2) is 0 Å². The summed E-state index contributed by atoms with van der Waals surface area (Å²) in [5, 5.41) is 10.8. The first-order chi connectivity index (χ1) is 7.59. The molecule has 0 aliphatic carbocycles. The maximum atomic E-state index is 12.0. The summed E-state index contributed by atoms with van der Waals surface area (Å²) in [7, 11) is 0. The molecule has 1 aromatic rings. The van der Waals surface area contributed by atoms with Crippen LogP contribution in [-0.2, 0) is 4.79 Å². The van der Waals surface area contributed by atoms with Gasteiger partial charge in [0.1, 0.15) is 6.04 Å². The largest absolute Gasteiger partial charge is 0.480 e. The van der Waals surface area contributed by atoms with E-state index in [-0.39, 0.29) is 5.91 Å². The van der Waals surface area contributed by atoms with Gasteiger partial charge < -0.3 is 10.0 Å². The van der Waals surface area contributed by atoms with Gasteiger partial charge in [0.25, 0.3) is 5.91 Å². The Bertz CT molecular complexity index is 431. The molecule has 1 atom stereocenters. The summed E-state index contributed by atoms with van der Waals surface area (Å²) in [6.07, 6.45) is 1.33. The molecule has 0 aromatic carbocycles. The van der Waals surface area contributed by atoms with E-state index < -0.39 is 12.0 Å². The third-order valence-corrected chi connectivity index (χ3v) is 4.40. The number of hydrogen-bond acceptors (Lipinski definition) is 3. The maximum absolute atomic E-state index is 12.0. The van der Waals surface area contributed by atoms with E-state index in [0.29, 0.717) is 18.5 Å². The van der Waals surface area contributed by atoms with Crippen LogP contribution in [-0.4, -0.2) is 34.5 Å². The van der Waals surface area contributed by atoms with E-state index in [1.165, 1.54) is 16.2 Å². The number of carbonyl (C=O) groups is 2. The van der Waals surface area contributed by atoms with Gasteiger partial charge in [-0.1, -0.05) is 0 Å². The highest BCUT2D eigenvalue weighted by atomic mass is 127. The van der Waals surface area contributed by atoms with Crippen LogP contribution in [0, 0.1) is 2.88 Å². The van der Waals surface area contributed by atoms with Crippen LogP contribution >= 0.6 is 33.9 Å². The van der Waals surface area contributed by atoms with Crippen molar-refractivity contribution in [2.45, 2.75) is 18.9 Å². The van der Waals surface area contributed by atoms with Gasteiger partial charge >= 0.3 is 5.97 Å². The molecule has 1 fully saturated rings. The van der Waals surface area contributed by atoms with Crippen LogP contribution in [0.25, 0.3) is 0 Å². The quantitative estimate of drug-likeness (QED) is 0.830. The highest BCUT2D eigenvalue weighted by molar-refractivity contribution is 14.1. The molecule has 1 aliphatic heterocycles. The van der Waals surface area contributed by atoms with Crippen LogP contribution in [0.15, 0.2) is 11.4 Å². The number of hydrogen-bond donors (Lipinski definition) is 1. The maximum Gasteiger partial charge on any atom is 0.326 e. The van der Waals surface area contributed by atoms with Crippen molar-refractivity contribution in [2.24, 2.45) is 0 Å². The van der Waals surface area contributed by atoms with Crippen molar-refractivity contribution < 1.29 is 14.7 Å². The molecule has 16 heavy (non-hydrogen) atoms. The number of nitrogens with zero attached hydrogens (tertiary/aromatic N) is 1. The van der Waals surface area contributed by atoms with Gasteiger partial charge in [-0.25, -0.2) is 4.79 Å². The van der Waals surface area contributed by atoms with E-state index in [1.807, 2.05) is 0 Å². The van der Waals surface area contributed by atoms with Crippen LogP contribution in [0.2, 0.25) is 0 Å². The van der Waals surface area contributed by atoms with E-state index in [1.54, 1.807) is 11.4 Å². The average Bonchev–Trinajstić information content (AvgIpc) is 2.84. The minimum Gasteiger partial charge on any atom is -0.480 e. The molecule has 2 heterocycles. The van der Waals surface area contributed by atoms with Gasteiger partial charge in [0.05, 0.1) is 8.45 Å². The third kappa shape index (κ3) is 2.22. The second-order valence-electron chi connectivity index (χ2n) is 3.63. The standard InChI is InChI=1S/C10H10INO3S/c11-8-4-6(5-16-8)9(13)12-3-1-2-7(12)10(14)15/h4-5,7H,1-3H2,(H,14,15)/t7-/m1/s1. The second kappa shape index (κ2) is 4.70. The van der Waals surface area contributed by atoms with E-state index in [0.717, 1.165) is 9.30 Å². The van der Waals surface area contributed by atoms with Gasteiger partial charge in [0, 0.05) is 11.9 Å². The number of likely N-dealkylation sites (tertiary alicyclic amines) is 1. The number of carboxylic acid groups (broad SMARTS) is 1. The van der Waals surface area contributed by atoms with Gasteiger partial charge in [-0.2, -0.15) is 0 Å². The molecule has 0 saturated carbocycles. The number of carboxylic acids is 1. The first kappa shape index (κ1) is 11.8. The lowest BCUT2D eigenvalue weighted by Gasteiger charge is -2.20. The summed E-state index contributed by atoms with van der Waals surface area (Å²) >= 11 is 3.64. The van der Waals surface area contributed by atoms with Gasteiger partial charge in [-0.15, -0.1) is 11.3 Å². The predicted octanol–water partition coefficient (Wildman–Crippen LogP) is 2.04. The zero-order valence-electron chi connectivity index (χ0n) is 8.35. The third-order valence-electron chi connectivity index (χ3n) is 2.61. The Hall–Kier alpha value is -0.630. The minimum atomic E-state index is -0.907. The molecule has 1 saturated heterocycles. The lowest BCUT2D eigenvalue weighted by Crippen LogP contribution is -2.40. The van der Waals surface area contributed by atoms with Crippen LogP contribution in [0.4, 0.5) is 0 Å². The van der Waals surface area contributed by atoms with E-state index in [9.17, 15) is 9.59 Å². The van der Waals surface area contributed by atoms with E-state index >= 15 is 0 Å². The summed E-state index contributed by atoms with van der Waals surface area (Å²) in [5.41, 5.74) is 0.600. The number of carbonyl (C=O) groups excluding carboxylic acids is 1. The Labute approximate surface area is 110 Å². The molecule has 4 nitrogen and oxygen atoms in total. The normalized spacial score (nSPS) is 20.1. The molecule has 86 valence electrons. The lowest BCUT2D eigenvalue weighted by molar-refractivity contribution is -0.141. The molecule has 6 heteroatoms. The molecule has 1 aliphatic rings. The highest BCUT2D eigenvalue weighted by Crippen LogP contribution is 2.23. The summed E-state index contributed by atoms with van der Waals surface area (Å²) in [5.74, 6) is -1.07. The summed E-state index contributed by atoms with van der Waals surface area (Å²) < 4.78 is 1.03. The Morgan fingerprint density at radius 3 is 2.88 bits per heavy atom. The first-order valence-corrected chi connectivity index (χ1v) is 6.83. The van der Waals surface area contributed by atoms with Gasteiger partial charge in [-0.3, -0.25) is 4.79 Å². The molecule has 0 unspecified atom stereocenters. The number of amides is 1. The van der Waals surface area contributed by atoms with Crippen molar-refractivity contribution >= 4 is 45.8 Å². The highest BCUT2D eigenvalue weighted by Gasteiger charge is 2.34. The van der Waals surface area contributed by atoms with Crippen LogP contribution in [0.3, 0.4) is 0 Å². The van der Waals surface area contributed by atoms with Crippen molar-refractivity contribution in [3.05, 3.63) is 19.9 Å². The molecule has 0 bridgehead atoms. The van der Waals surface area contributed by atoms with Crippen molar-refractivity contribution in [3.8, 4) is 0 Å². The molecule has 0 radical (unpaired) electrons. The molecular formula is C10H10INO3S. The molecule has 0 spiro atoms. The van der Waals surface area contributed by atoms with Crippen molar-refractivity contribution in [2.75, 3.05) is 6.54 Å². The Morgan fingerprint density at radius 2 is 2.31 bits per heavy atom. The number of aliphatic carboxylic acids is 1. The number of halogens is 1. The fourth-order valence-corrected chi connectivity index (χ4v) is 3.17. The van der Waals surface area contributed by atoms with Crippen LogP contribution < -0.4 is 0 Å². The van der Waals surface area contributed by atoms with Crippen LogP contribution in [0.5, 0.6) is 0 Å². The summed E-state index contributed by atoms with van der Waals surface area (Å²) in [6, 6.07) is 1.15. The smallest absolute Gasteiger partial charge is 0.326 e. The molecule has 1 amide bonds. The SMILES string of the molecule is O=C(O)[C@H]1CCCN1C(=O)c1csc(I)c1. The molecular weight excluding hydrogens is 341 g/mol. The van der Waals surface area contributed by atoms with Gasteiger partial charge in [-0.05, 0) is 41.5 Å². The van der Waals surface area contributed by atoms with Crippen molar-refractivity contribution in [1.82, 2.24) is 4.90 Å². The molecule has 1 aromatic heterocycles. The Kier molecular flexibility index (Phi) is 3.48. The fourth-order valence-electron chi connectivity index (χ4n) is 1.85. The zero-order valence-corrected chi connectivity index (χ0v) is 11.3. The van der Waals surface area contributed by atoms with Gasteiger partial charge in [0.2, 0.25) is 0 Å². The second-order valence-corrected chi connectivity index (χ2v) is 6.44. The van der Waals surface area contributed by atoms with E-state index in [4.69, 9.17) is 5.11 Å². The summed E-state index contributed by atoms with van der Waals surface area (Å²) in [4.78, 5) is 24.5. The van der Waals surface area contributed by atoms with Crippen molar-refractivity contribution in [1.29, 1.82) is 0 Å². The predicted molar refractivity (Wildman–Crippen MR) is 68.7 cm³/mol. The fraction of sp³-hybridized carbons (Fsp3) is 0.400. The molecule has 2 rings (SSSR count). The topological polar surface area (TPSA) is 57.6 Å². The monoisotopic (exact) mass is 351 g/mol.